The fourth-order valence-electron chi connectivity index (χ4n) is 4.45. The molecule has 0 spiro atoms. The van der Waals surface area contributed by atoms with Crippen molar-refractivity contribution in [3.05, 3.63) is 64.0 Å². The lowest BCUT2D eigenvalue weighted by molar-refractivity contribution is -0.123. The van der Waals surface area contributed by atoms with Gasteiger partial charge in [0.15, 0.2) is 0 Å². The molecule has 0 bridgehead atoms. The van der Waals surface area contributed by atoms with Gasteiger partial charge in [0, 0.05) is 22.8 Å². The topological polar surface area (TPSA) is 69.7 Å². The lowest BCUT2D eigenvalue weighted by atomic mass is 9.98. The van der Waals surface area contributed by atoms with Crippen molar-refractivity contribution < 1.29 is 14.4 Å². The molecular weight excluding hydrogens is 514 g/mol. The van der Waals surface area contributed by atoms with Crippen LogP contribution in [0.4, 0.5) is 11.4 Å². The van der Waals surface area contributed by atoms with Gasteiger partial charge in [-0.25, -0.2) is 0 Å². The van der Waals surface area contributed by atoms with Gasteiger partial charge in [0.05, 0.1) is 16.2 Å². The first kappa shape index (κ1) is 26.4. The van der Waals surface area contributed by atoms with E-state index in [1.54, 1.807) is 41.3 Å². The molecule has 6 nitrogen and oxygen atoms in total. The molecule has 1 saturated heterocycles. The molecule has 2 aliphatic heterocycles. The highest BCUT2D eigenvalue weighted by Gasteiger charge is 2.42. The number of hydrogen-bond donors (Lipinski definition) is 1. The van der Waals surface area contributed by atoms with E-state index in [4.69, 9.17) is 23.8 Å². The fourth-order valence-corrected chi connectivity index (χ4v) is 5.99. The second-order valence-corrected chi connectivity index (χ2v) is 11.0. The van der Waals surface area contributed by atoms with E-state index in [2.05, 4.69) is 19.2 Å². The number of carbonyl (C=O) groups excluding carboxylic acids is 3. The number of hydrogen-bond acceptors (Lipinski definition) is 5. The Kier molecular flexibility index (Phi) is 8.49. The molecule has 2 aromatic rings. The van der Waals surface area contributed by atoms with Gasteiger partial charge in [0.2, 0.25) is 5.91 Å². The summed E-state index contributed by atoms with van der Waals surface area (Å²) in [6.07, 6.45) is 4.20. The van der Waals surface area contributed by atoms with Crippen molar-refractivity contribution in [1.82, 2.24) is 4.90 Å². The monoisotopic (exact) mass is 541 g/mol. The average Bonchev–Trinajstić information content (AvgIpc) is 3.28. The second kappa shape index (κ2) is 11.6. The van der Waals surface area contributed by atoms with Gasteiger partial charge in [0.25, 0.3) is 11.8 Å². The van der Waals surface area contributed by atoms with E-state index in [-0.39, 0.29) is 24.3 Å². The van der Waals surface area contributed by atoms with E-state index >= 15 is 0 Å². The Morgan fingerprint density at radius 2 is 1.86 bits per heavy atom. The number of unbranched alkanes of at least 4 members (excludes halogenated alkanes) is 1. The standard InChI is InChI=1S/C27H28ClN3O3S2/c1-3-5-9-17(4-2)15-31-26(34)24(36-27(31)35)23-20-12-6-7-13-21(20)30(25(23)33)16-22(32)29-19-11-8-10-18(28)14-19/h6-8,10-14,17H,3-5,9,15-16H2,1-2H3,(H,29,32)/b24-23-/t17-/m0/s1. The van der Waals surface area contributed by atoms with Crippen LogP contribution in [0.1, 0.15) is 45.1 Å². The molecule has 0 saturated carbocycles. The van der Waals surface area contributed by atoms with Crippen LogP contribution in [0.2, 0.25) is 5.02 Å². The van der Waals surface area contributed by atoms with Crippen LogP contribution in [0, 0.1) is 5.92 Å². The smallest absolute Gasteiger partial charge is 0.267 e. The minimum atomic E-state index is -0.379. The second-order valence-electron chi connectivity index (χ2n) is 8.87. The van der Waals surface area contributed by atoms with Gasteiger partial charge >= 0.3 is 0 Å². The van der Waals surface area contributed by atoms with E-state index in [1.807, 2.05) is 12.1 Å². The Balaban J connectivity index is 1.59. The van der Waals surface area contributed by atoms with Crippen LogP contribution < -0.4 is 10.2 Å². The molecule has 1 fully saturated rings. The number of carbonyl (C=O) groups is 3. The summed E-state index contributed by atoms with van der Waals surface area (Å²) in [4.78, 5) is 43.3. The quantitative estimate of drug-likeness (QED) is 0.306. The molecule has 2 aliphatic rings. The van der Waals surface area contributed by atoms with Gasteiger partial charge in [-0.3, -0.25) is 24.2 Å². The summed E-state index contributed by atoms with van der Waals surface area (Å²) in [6.45, 7) is 4.64. The zero-order valence-corrected chi connectivity index (χ0v) is 22.6. The summed E-state index contributed by atoms with van der Waals surface area (Å²) < 4.78 is 0.472. The number of amides is 3. The highest BCUT2D eigenvalue weighted by atomic mass is 35.5. The summed E-state index contributed by atoms with van der Waals surface area (Å²) in [6, 6.07) is 14.0. The number of nitrogens with zero attached hydrogens (tertiary/aromatic N) is 2. The van der Waals surface area contributed by atoms with Crippen LogP contribution in [0.3, 0.4) is 0 Å². The molecule has 9 heteroatoms. The van der Waals surface area contributed by atoms with Gasteiger partial charge in [-0.1, -0.05) is 93.0 Å². The molecule has 0 aromatic heterocycles. The number of thioether (sulfide) groups is 1. The lowest BCUT2D eigenvalue weighted by Gasteiger charge is -2.21. The van der Waals surface area contributed by atoms with Crippen molar-refractivity contribution in [2.24, 2.45) is 5.92 Å². The zero-order chi connectivity index (χ0) is 25.8. The third-order valence-corrected chi connectivity index (χ3v) is 8.08. The normalized spacial score (nSPS) is 18.1. The van der Waals surface area contributed by atoms with Crippen molar-refractivity contribution in [2.45, 2.75) is 39.5 Å². The van der Waals surface area contributed by atoms with Crippen LogP contribution in [0.25, 0.3) is 5.57 Å². The van der Waals surface area contributed by atoms with Crippen LogP contribution in [0.5, 0.6) is 0 Å². The van der Waals surface area contributed by atoms with Gasteiger partial charge in [-0.05, 0) is 36.6 Å². The summed E-state index contributed by atoms with van der Waals surface area (Å²) in [5.41, 5.74) is 2.08. The third kappa shape index (κ3) is 5.51. The molecule has 0 unspecified atom stereocenters. The Bertz CT molecular complexity index is 1250. The fraction of sp³-hybridized carbons (Fsp3) is 0.333. The first-order valence-corrected chi connectivity index (χ1v) is 13.7. The molecule has 0 aliphatic carbocycles. The molecular formula is C27H28ClN3O3S2. The van der Waals surface area contributed by atoms with Gasteiger partial charge in [-0.2, -0.15) is 0 Å². The summed E-state index contributed by atoms with van der Waals surface area (Å²) in [5, 5.41) is 3.28. The Morgan fingerprint density at radius 3 is 2.58 bits per heavy atom. The number of rotatable bonds is 9. The van der Waals surface area contributed by atoms with Crippen LogP contribution in [0.15, 0.2) is 53.4 Å². The van der Waals surface area contributed by atoms with E-state index in [0.717, 1.165) is 25.7 Å². The maximum absolute atomic E-state index is 13.6. The van der Waals surface area contributed by atoms with Crippen molar-refractivity contribution in [3.8, 4) is 0 Å². The zero-order valence-electron chi connectivity index (χ0n) is 20.3. The number of benzene rings is 2. The van der Waals surface area contributed by atoms with E-state index in [0.29, 0.717) is 49.2 Å². The maximum Gasteiger partial charge on any atom is 0.267 e. The Labute approximate surface area is 226 Å². The first-order chi connectivity index (χ1) is 17.3. The van der Waals surface area contributed by atoms with Crippen LogP contribution >= 0.6 is 35.6 Å². The van der Waals surface area contributed by atoms with E-state index in [9.17, 15) is 14.4 Å². The average molecular weight is 542 g/mol. The molecule has 188 valence electrons. The lowest BCUT2D eigenvalue weighted by Crippen LogP contribution is -2.36. The van der Waals surface area contributed by atoms with Crippen molar-refractivity contribution >= 4 is 74.6 Å². The van der Waals surface area contributed by atoms with Crippen LogP contribution in [-0.2, 0) is 14.4 Å². The van der Waals surface area contributed by atoms with Gasteiger partial charge < -0.3 is 5.32 Å². The highest BCUT2D eigenvalue weighted by molar-refractivity contribution is 8.26. The molecule has 0 radical (unpaired) electrons. The largest absolute Gasteiger partial charge is 0.324 e. The number of thiocarbonyl (C=S) groups is 1. The molecule has 2 heterocycles. The van der Waals surface area contributed by atoms with Gasteiger partial charge in [0.1, 0.15) is 10.9 Å². The van der Waals surface area contributed by atoms with Crippen molar-refractivity contribution in [2.75, 3.05) is 23.3 Å². The Morgan fingerprint density at radius 1 is 1.08 bits per heavy atom. The molecule has 3 amide bonds. The number of halogens is 1. The van der Waals surface area contributed by atoms with Gasteiger partial charge in [-0.15, -0.1) is 0 Å². The minimum absolute atomic E-state index is 0.193. The number of anilines is 2. The molecule has 1 atom stereocenters. The molecule has 1 N–H and O–H groups in total. The maximum atomic E-state index is 13.6. The predicted octanol–water partition coefficient (Wildman–Crippen LogP) is 6.11. The van der Waals surface area contributed by atoms with Crippen molar-refractivity contribution in [1.29, 1.82) is 0 Å². The molecule has 4 rings (SSSR count). The summed E-state index contributed by atoms with van der Waals surface area (Å²) in [5.74, 6) is -0.620. The van der Waals surface area contributed by atoms with E-state index < -0.39 is 0 Å². The number of nitrogens with one attached hydrogen (secondary N) is 1. The minimum Gasteiger partial charge on any atom is -0.324 e. The summed E-state index contributed by atoms with van der Waals surface area (Å²) >= 11 is 12.7. The van der Waals surface area contributed by atoms with Crippen LogP contribution in [-0.4, -0.2) is 40.0 Å². The first-order valence-electron chi connectivity index (χ1n) is 12.1. The third-order valence-electron chi connectivity index (χ3n) is 6.39. The predicted molar refractivity (Wildman–Crippen MR) is 151 cm³/mol. The number of para-hydroxylation sites is 1. The molecule has 2 aromatic carbocycles. The SMILES string of the molecule is CCCC[C@H](CC)CN1C(=O)/C(=C2/C(=O)N(CC(=O)Nc3cccc(Cl)c3)c3ccccc32)SC1=S. The summed E-state index contributed by atoms with van der Waals surface area (Å²) in [7, 11) is 0. The van der Waals surface area contributed by atoms with Crippen molar-refractivity contribution in [3.63, 3.8) is 0 Å². The Hall–Kier alpha value is -2.68. The number of fused-ring (bicyclic) bond motifs is 1. The molecule has 36 heavy (non-hydrogen) atoms. The van der Waals surface area contributed by atoms with E-state index in [1.165, 1.54) is 16.7 Å². The highest BCUT2D eigenvalue weighted by Crippen LogP contribution is 2.44.